The molecular formula is C17H29N3O. The molecule has 0 aliphatic heterocycles. The zero-order valence-corrected chi connectivity index (χ0v) is 13.9. The van der Waals surface area contributed by atoms with Crippen LogP contribution in [0.3, 0.4) is 0 Å². The molecule has 0 bridgehead atoms. The normalized spacial score (nSPS) is 15.0. The molecule has 0 unspecified atom stereocenters. The van der Waals surface area contributed by atoms with Gasteiger partial charge in [-0.25, -0.2) is 4.98 Å². The Morgan fingerprint density at radius 1 is 1.38 bits per heavy atom. The molecule has 0 aromatic carbocycles. The minimum Gasteiger partial charge on any atom is -0.476 e. The van der Waals surface area contributed by atoms with Gasteiger partial charge in [-0.1, -0.05) is 20.8 Å². The van der Waals surface area contributed by atoms with Crippen molar-refractivity contribution in [3.63, 3.8) is 0 Å². The molecule has 21 heavy (non-hydrogen) atoms. The summed E-state index contributed by atoms with van der Waals surface area (Å²) in [5.41, 5.74) is 2.36. The van der Waals surface area contributed by atoms with Gasteiger partial charge in [0, 0.05) is 30.9 Å². The van der Waals surface area contributed by atoms with Gasteiger partial charge in [-0.3, -0.25) is 0 Å². The minimum atomic E-state index is 0.420. The molecule has 1 heterocycles. The van der Waals surface area contributed by atoms with Crippen molar-refractivity contribution in [2.24, 2.45) is 0 Å². The van der Waals surface area contributed by atoms with Crippen molar-refractivity contribution in [1.29, 1.82) is 0 Å². The van der Waals surface area contributed by atoms with Crippen LogP contribution in [0.5, 0.6) is 5.88 Å². The molecule has 0 spiro atoms. The van der Waals surface area contributed by atoms with Gasteiger partial charge in [0.05, 0.1) is 0 Å². The van der Waals surface area contributed by atoms with E-state index >= 15 is 0 Å². The smallest absolute Gasteiger partial charge is 0.213 e. The van der Waals surface area contributed by atoms with Crippen LogP contribution in [0.2, 0.25) is 0 Å². The number of hydrogen-bond donors (Lipinski definition) is 1. The molecule has 118 valence electrons. The highest BCUT2D eigenvalue weighted by molar-refractivity contribution is 5.26. The summed E-state index contributed by atoms with van der Waals surface area (Å²) >= 11 is 0. The largest absolute Gasteiger partial charge is 0.476 e. The van der Waals surface area contributed by atoms with Crippen LogP contribution in [-0.4, -0.2) is 42.7 Å². The van der Waals surface area contributed by atoms with Crippen molar-refractivity contribution in [3.8, 4) is 5.88 Å². The fourth-order valence-corrected chi connectivity index (χ4v) is 2.32. The van der Waals surface area contributed by atoms with Crippen LogP contribution >= 0.6 is 0 Å². The van der Waals surface area contributed by atoms with Crippen molar-refractivity contribution in [2.75, 3.05) is 26.7 Å². The first kappa shape index (κ1) is 16.2. The molecule has 0 radical (unpaired) electrons. The zero-order valence-electron chi connectivity index (χ0n) is 13.9. The van der Waals surface area contributed by atoms with Crippen LogP contribution in [0, 0.1) is 0 Å². The van der Waals surface area contributed by atoms with Gasteiger partial charge in [-0.15, -0.1) is 0 Å². The minimum absolute atomic E-state index is 0.420. The summed E-state index contributed by atoms with van der Waals surface area (Å²) in [5, 5.41) is 3.36. The first-order valence-corrected chi connectivity index (χ1v) is 8.14. The summed E-state index contributed by atoms with van der Waals surface area (Å²) in [6.07, 6.45) is 2.68. The lowest BCUT2D eigenvalue weighted by Gasteiger charge is -2.16. The Bertz CT molecular complexity index is 444. The van der Waals surface area contributed by atoms with Gasteiger partial charge in [0.2, 0.25) is 5.88 Å². The average Bonchev–Trinajstić information content (AvgIpc) is 3.29. The van der Waals surface area contributed by atoms with Gasteiger partial charge in [0.1, 0.15) is 6.61 Å². The SMILES string of the molecule is CCNCc1cc(OCCN(C)C2CC2)nc(C(C)C)c1. The van der Waals surface area contributed by atoms with Crippen molar-refractivity contribution in [1.82, 2.24) is 15.2 Å². The predicted octanol–water partition coefficient (Wildman–Crippen LogP) is 2.79. The molecule has 1 aliphatic rings. The molecule has 4 heteroatoms. The summed E-state index contributed by atoms with van der Waals surface area (Å²) in [7, 11) is 2.18. The van der Waals surface area contributed by atoms with Gasteiger partial charge in [0.15, 0.2) is 0 Å². The van der Waals surface area contributed by atoms with E-state index in [1.54, 1.807) is 0 Å². The standard InChI is InChI=1S/C17H29N3O/c1-5-18-12-14-10-16(13(2)3)19-17(11-14)21-9-8-20(4)15-6-7-15/h10-11,13,15,18H,5-9,12H2,1-4H3. The van der Waals surface area contributed by atoms with Crippen LogP contribution in [0.15, 0.2) is 12.1 Å². The highest BCUT2D eigenvalue weighted by Gasteiger charge is 2.25. The van der Waals surface area contributed by atoms with E-state index in [0.29, 0.717) is 12.5 Å². The molecule has 1 aromatic heterocycles. The summed E-state index contributed by atoms with van der Waals surface area (Å²) in [6.45, 7) is 9.99. The highest BCUT2D eigenvalue weighted by Crippen LogP contribution is 2.25. The molecule has 2 rings (SSSR count). The van der Waals surface area contributed by atoms with Gasteiger partial charge in [-0.2, -0.15) is 0 Å². The first-order valence-electron chi connectivity index (χ1n) is 8.14. The maximum absolute atomic E-state index is 5.89. The molecule has 0 saturated heterocycles. The fourth-order valence-electron chi connectivity index (χ4n) is 2.32. The number of pyridine rings is 1. The van der Waals surface area contributed by atoms with E-state index in [1.165, 1.54) is 18.4 Å². The Kier molecular flexibility index (Phi) is 6.00. The number of ether oxygens (including phenoxy) is 1. The molecule has 1 fully saturated rings. The molecule has 0 atom stereocenters. The first-order chi connectivity index (χ1) is 10.1. The van der Waals surface area contributed by atoms with Crippen LogP contribution in [0.4, 0.5) is 0 Å². The van der Waals surface area contributed by atoms with Crippen molar-refractivity contribution in [2.45, 2.75) is 52.1 Å². The van der Waals surface area contributed by atoms with E-state index in [0.717, 1.165) is 37.3 Å². The number of nitrogens with zero attached hydrogens (tertiary/aromatic N) is 2. The molecule has 0 amide bonds. The Balaban J connectivity index is 1.93. The van der Waals surface area contributed by atoms with E-state index in [1.807, 2.05) is 0 Å². The maximum atomic E-state index is 5.89. The summed E-state index contributed by atoms with van der Waals surface area (Å²) in [4.78, 5) is 7.01. The zero-order chi connectivity index (χ0) is 15.2. The predicted molar refractivity (Wildman–Crippen MR) is 86.9 cm³/mol. The van der Waals surface area contributed by atoms with E-state index in [2.05, 4.69) is 55.2 Å². The fraction of sp³-hybridized carbons (Fsp3) is 0.706. The monoisotopic (exact) mass is 291 g/mol. The summed E-state index contributed by atoms with van der Waals surface area (Å²) in [6, 6.07) is 5.02. The van der Waals surface area contributed by atoms with Crippen molar-refractivity contribution in [3.05, 3.63) is 23.4 Å². The second-order valence-electron chi connectivity index (χ2n) is 6.23. The Labute approximate surface area is 128 Å². The number of likely N-dealkylation sites (N-methyl/N-ethyl adjacent to an activating group) is 1. The lowest BCUT2D eigenvalue weighted by molar-refractivity contribution is 0.226. The molecule has 1 N–H and O–H groups in total. The van der Waals surface area contributed by atoms with Gasteiger partial charge < -0.3 is 15.0 Å². The van der Waals surface area contributed by atoms with Crippen LogP contribution < -0.4 is 10.1 Å². The Hall–Kier alpha value is -1.13. The second-order valence-corrected chi connectivity index (χ2v) is 6.23. The van der Waals surface area contributed by atoms with E-state index in [-0.39, 0.29) is 0 Å². The lowest BCUT2D eigenvalue weighted by atomic mass is 10.1. The van der Waals surface area contributed by atoms with Crippen molar-refractivity contribution < 1.29 is 4.74 Å². The average molecular weight is 291 g/mol. The quantitative estimate of drug-likeness (QED) is 0.759. The van der Waals surface area contributed by atoms with Crippen LogP contribution in [0.25, 0.3) is 0 Å². The Morgan fingerprint density at radius 2 is 2.14 bits per heavy atom. The number of aromatic nitrogens is 1. The van der Waals surface area contributed by atoms with Gasteiger partial charge in [-0.05, 0) is 44.0 Å². The maximum Gasteiger partial charge on any atom is 0.213 e. The Morgan fingerprint density at radius 3 is 2.76 bits per heavy atom. The number of rotatable bonds is 9. The summed E-state index contributed by atoms with van der Waals surface area (Å²) in [5.74, 6) is 1.18. The molecule has 1 saturated carbocycles. The van der Waals surface area contributed by atoms with E-state index < -0.39 is 0 Å². The molecular weight excluding hydrogens is 262 g/mol. The number of nitrogens with one attached hydrogen (secondary N) is 1. The van der Waals surface area contributed by atoms with E-state index in [4.69, 9.17) is 4.74 Å². The van der Waals surface area contributed by atoms with Crippen molar-refractivity contribution >= 4 is 0 Å². The van der Waals surface area contributed by atoms with Gasteiger partial charge >= 0.3 is 0 Å². The lowest BCUT2D eigenvalue weighted by Crippen LogP contribution is -2.26. The molecule has 4 nitrogen and oxygen atoms in total. The molecule has 1 aromatic rings. The third-order valence-corrected chi connectivity index (χ3v) is 3.92. The van der Waals surface area contributed by atoms with Crippen LogP contribution in [0.1, 0.15) is 50.8 Å². The molecule has 1 aliphatic carbocycles. The highest BCUT2D eigenvalue weighted by atomic mass is 16.5. The van der Waals surface area contributed by atoms with Crippen LogP contribution in [-0.2, 0) is 6.54 Å². The van der Waals surface area contributed by atoms with Gasteiger partial charge in [0.25, 0.3) is 0 Å². The second kappa shape index (κ2) is 7.76. The van der Waals surface area contributed by atoms with E-state index in [9.17, 15) is 0 Å². The topological polar surface area (TPSA) is 37.4 Å². The third-order valence-electron chi connectivity index (χ3n) is 3.92. The third kappa shape index (κ3) is 5.29. The number of hydrogen-bond acceptors (Lipinski definition) is 4. The summed E-state index contributed by atoms with van der Waals surface area (Å²) < 4.78 is 5.89.